The Hall–Kier alpha value is -2.30. The second-order valence-electron chi connectivity index (χ2n) is 4.91. The van der Waals surface area contributed by atoms with Gasteiger partial charge in [0.25, 0.3) is 0 Å². The van der Waals surface area contributed by atoms with Gasteiger partial charge in [-0.15, -0.1) is 0 Å². The summed E-state index contributed by atoms with van der Waals surface area (Å²) in [5.41, 5.74) is 3.13. The average Bonchev–Trinajstić information content (AvgIpc) is 2.94. The molecule has 0 fully saturated rings. The summed E-state index contributed by atoms with van der Waals surface area (Å²) in [5.74, 6) is 0.0141. The number of carbonyl (C=O) groups excluding carboxylic acids is 1. The van der Waals surface area contributed by atoms with Gasteiger partial charge < -0.3 is 10.6 Å². The first-order valence-corrected chi connectivity index (χ1v) is 7.27. The van der Waals surface area contributed by atoms with E-state index in [2.05, 4.69) is 22.7 Å². The van der Waals surface area contributed by atoms with Crippen molar-refractivity contribution in [3.05, 3.63) is 47.8 Å². The van der Waals surface area contributed by atoms with Crippen molar-refractivity contribution < 1.29 is 4.79 Å². The van der Waals surface area contributed by atoms with E-state index in [-0.39, 0.29) is 5.91 Å². The molecule has 0 aliphatic rings. The molecule has 1 amide bonds. The number of hydrogen-bond acceptors (Lipinski definition) is 3. The SMILES string of the molecule is CCCn1nccc1CNc1ccccc1CC(=O)NC. The highest BCUT2D eigenvalue weighted by atomic mass is 16.1. The predicted octanol–water partition coefficient (Wildman–Crippen LogP) is 2.19. The Labute approximate surface area is 125 Å². The van der Waals surface area contributed by atoms with E-state index in [1.165, 1.54) is 0 Å². The average molecular weight is 286 g/mol. The van der Waals surface area contributed by atoms with Crippen LogP contribution in [0, 0.1) is 0 Å². The van der Waals surface area contributed by atoms with Crippen LogP contribution in [0.2, 0.25) is 0 Å². The maximum atomic E-state index is 11.6. The van der Waals surface area contributed by atoms with Crippen molar-refractivity contribution in [1.29, 1.82) is 0 Å². The third-order valence-corrected chi connectivity index (χ3v) is 3.35. The lowest BCUT2D eigenvalue weighted by Crippen LogP contribution is -2.20. The third-order valence-electron chi connectivity index (χ3n) is 3.35. The zero-order chi connectivity index (χ0) is 15.1. The van der Waals surface area contributed by atoms with Gasteiger partial charge in [-0.05, 0) is 24.1 Å². The van der Waals surface area contributed by atoms with Gasteiger partial charge in [0, 0.05) is 25.5 Å². The van der Waals surface area contributed by atoms with Gasteiger partial charge >= 0.3 is 0 Å². The quantitative estimate of drug-likeness (QED) is 0.820. The highest BCUT2D eigenvalue weighted by molar-refractivity contribution is 5.80. The zero-order valence-corrected chi connectivity index (χ0v) is 12.6. The molecule has 0 atom stereocenters. The molecule has 2 aromatic rings. The monoisotopic (exact) mass is 286 g/mol. The number of benzene rings is 1. The minimum absolute atomic E-state index is 0.0141. The van der Waals surface area contributed by atoms with Crippen LogP contribution < -0.4 is 10.6 Å². The second-order valence-corrected chi connectivity index (χ2v) is 4.91. The lowest BCUT2D eigenvalue weighted by molar-refractivity contribution is -0.119. The Morgan fingerprint density at radius 2 is 2.10 bits per heavy atom. The number of rotatable bonds is 7. The van der Waals surface area contributed by atoms with Crippen LogP contribution in [-0.4, -0.2) is 22.7 Å². The molecule has 0 bridgehead atoms. The molecule has 0 radical (unpaired) electrons. The highest BCUT2D eigenvalue weighted by Crippen LogP contribution is 2.17. The molecule has 5 heteroatoms. The van der Waals surface area contributed by atoms with Crippen LogP contribution in [0.1, 0.15) is 24.6 Å². The summed E-state index contributed by atoms with van der Waals surface area (Å²) in [5, 5.41) is 10.4. The van der Waals surface area contributed by atoms with Gasteiger partial charge in [-0.3, -0.25) is 9.48 Å². The molecule has 5 nitrogen and oxygen atoms in total. The van der Waals surface area contributed by atoms with Gasteiger partial charge in [0.15, 0.2) is 0 Å². The fourth-order valence-corrected chi connectivity index (χ4v) is 2.22. The van der Waals surface area contributed by atoms with Crippen molar-refractivity contribution in [2.75, 3.05) is 12.4 Å². The molecule has 1 heterocycles. The second kappa shape index (κ2) is 7.47. The summed E-state index contributed by atoms with van der Waals surface area (Å²) in [6, 6.07) is 9.91. The number of hydrogen-bond donors (Lipinski definition) is 2. The van der Waals surface area contributed by atoms with E-state index in [1.54, 1.807) is 7.05 Å². The Morgan fingerprint density at radius 3 is 2.86 bits per heavy atom. The van der Waals surface area contributed by atoms with E-state index >= 15 is 0 Å². The molecule has 0 unspecified atom stereocenters. The van der Waals surface area contributed by atoms with Crippen LogP contribution in [-0.2, 0) is 24.3 Å². The highest BCUT2D eigenvalue weighted by Gasteiger charge is 2.07. The summed E-state index contributed by atoms with van der Waals surface area (Å²) < 4.78 is 2.01. The molecule has 0 aliphatic carbocycles. The number of carbonyl (C=O) groups is 1. The number of nitrogens with zero attached hydrogens (tertiary/aromatic N) is 2. The third kappa shape index (κ3) is 4.08. The van der Waals surface area contributed by atoms with Gasteiger partial charge in [0.2, 0.25) is 5.91 Å². The van der Waals surface area contributed by atoms with Crippen LogP contribution in [0.15, 0.2) is 36.5 Å². The van der Waals surface area contributed by atoms with Gasteiger partial charge in [-0.1, -0.05) is 25.1 Å². The standard InChI is InChI=1S/C16H22N4O/c1-3-10-20-14(8-9-19-20)12-18-15-7-5-4-6-13(15)11-16(21)17-2/h4-9,18H,3,10-12H2,1-2H3,(H,17,21). The Morgan fingerprint density at radius 1 is 1.29 bits per heavy atom. The first-order valence-electron chi connectivity index (χ1n) is 7.27. The molecule has 0 saturated heterocycles. The summed E-state index contributed by atoms with van der Waals surface area (Å²) in [4.78, 5) is 11.6. The van der Waals surface area contributed by atoms with Crippen LogP contribution in [0.3, 0.4) is 0 Å². The maximum absolute atomic E-state index is 11.6. The molecule has 1 aromatic carbocycles. The van der Waals surface area contributed by atoms with E-state index in [4.69, 9.17) is 0 Å². The first kappa shape index (κ1) is 15.1. The zero-order valence-electron chi connectivity index (χ0n) is 12.6. The number of para-hydroxylation sites is 1. The summed E-state index contributed by atoms with van der Waals surface area (Å²) in [6.45, 7) is 3.76. The van der Waals surface area contributed by atoms with E-state index in [0.717, 1.165) is 29.9 Å². The summed E-state index contributed by atoms with van der Waals surface area (Å²) in [6.07, 6.45) is 3.26. The minimum Gasteiger partial charge on any atom is -0.379 e. The molecule has 0 saturated carbocycles. The van der Waals surface area contributed by atoms with E-state index in [9.17, 15) is 4.79 Å². The van der Waals surface area contributed by atoms with Crippen LogP contribution in [0.5, 0.6) is 0 Å². The van der Waals surface area contributed by atoms with E-state index in [1.807, 2.05) is 41.2 Å². The molecule has 0 spiro atoms. The van der Waals surface area contributed by atoms with Crippen LogP contribution in [0.25, 0.3) is 0 Å². The fraction of sp³-hybridized carbons (Fsp3) is 0.375. The van der Waals surface area contributed by atoms with Gasteiger partial charge in [-0.25, -0.2) is 0 Å². The lowest BCUT2D eigenvalue weighted by Gasteiger charge is -2.12. The molecular weight excluding hydrogens is 264 g/mol. The Balaban J connectivity index is 2.05. The van der Waals surface area contributed by atoms with Crippen molar-refractivity contribution in [2.45, 2.75) is 32.9 Å². The molecular formula is C16H22N4O. The van der Waals surface area contributed by atoms with Crippen LogP contribution in [0.4, 0.5) is 5.69 Å². The van der Waals surface area contributed by atoms with Crippen molar-refractivity contribution in [2.24, 2.45) is 0 Å². The molecule has 21 heavy (non-hydrogen) atoms. The van der Waals surface area contributed by atoms with Crippen molar-refractivity contribution in [3.8, 4) is 0 Å². The number of aromatic nitrogens is 2. The van der Waals surface area contributed by atoms with E-state index < -0.39 is 0 Å². The summed E-state index contributed by atoms with van der Waals surface area (Å²) >= 11 is 0. The number of nitrogens with one attached hydrogen (secondary N) is 2. The maximum Gasteiger partial charge on any atom is 0.224 e. The number of amides is 1. The number of aryl methyl sites for hydroxylation is 1. The van der Waals surface area contributed by atoms with Crippen molar-refractivity contribution >= 4 is 11.6 Å². The van der Waals surface area contributed by atoms with Gasteiger partial charge in [0.1, 0.15) is 0 Å². The van der Waals surface area contributed by atoms with Gasteiger partial charge in [0.05, 0.1) is 18.7 Å². The fourth-order valence-electron chi connectivity index (χ4n) is 2.22. The smallest absolute Gasteiger partial charge is 0.224 e. The first-order chi connectivity index (χ1) is 10.2. The van der Waals surface area contributed by atoms with Crippen LogP contribution >= 0.6 is 0 Å². The Kier molecular flexibility index (Phi) is 5.37. The van der Waals surface area contributed by atoms with Crippen molar-refractivity contribution in [1.82, 2.24) is 15.1 Å². The molecule has 0 aliphatic heterocycles. The van der Waals surface area contributed by atoms with Gasteiger partial charge in [-0.2, -0.15) is 5.10 Å². The molecule has 2 N–H and O–H groups in total. The largest absolute Gasteiger partial charge is 0.379 e. The number of likely N-dealkylation sites (N-methyl/N-ethyl adjacent to an activating group) is 1. The normalized spacial score (nSPS) is 10.4. The number of anilines is 1. The molecule has 112 valence electrons. The molecule has 2 rings (SSSR count). The van der Waals surface area contributed by atoms with Crippen molar-refractivity contribution in [3.63, 3.8) is 0 Å². The predicted molar refractivity (Wildman–Crippen MR) is 84.1 cm³/mol. The lowest BCUT2D eigenvalue weighted by atomic mass is 10.1. The topological polar surface area (TPSA) is 59.0 Å². The Bertz CT molecular complexity index is 591. The minimum atomic E-state index is 0.0141. The van der Waals surface area contributed by atoms with E-state index in [0.29, 0.717) is 13.0 Å². The summed E-state index contributed by atoms with van der Waals surface area (Å²) in [7, 11) is 1.65. The molecule has 1 aromatic heterocycles.